The molecule has 3 rings (SSSR count). The number of carboxylic acid groups (broad SMARTS) is 1. The van der Waals surface area contributed by atoms with E-state index in [4.69, 9.17) is 0 Å². The van der Waals surface area contributed by atoms with Crippen LogP contribution in [0.25, 0.3) is 0 Å². The van der Waals surface area contributed by atoms with Gasteiger partial charge >= 0.3 is 5.97 Å². The summed E-state index contributed by atoms with van der Waals surface area (Å²) in [5.74, 6) is -0.572. The van der Waals surface area contributed by atoms with Gasteiger partial charge in [-0.1, -0.05) is 30.3 Å². The van der Waals surface area contributed by atoms with Crippen LogP contribution in [0.2, 0.25) is 0 Å². The molecule has 0 saturated heterocycles. The van der Waals surface area contributed by atoms with Crippen LogP contribution in [0.1, 0.15) is 36.6 Å². The average Bonchev–Trinajstić information content (AvgIpc) is 2.92. The molecule has 23 heavy (non-hydrogen) atoms. The third-order valence-electron chi connectivity index (χ3n) is 4.96. The van der Waals surface area contributed by atoms with E-state index in [9.17, 15) is 15.0 Å². The molecule has 1 saturated carbocycles. The molecule has 2 N–H and O–H groups in total. The molecular formula is C18H22N2O3. The van der Waals surface area contributed by atoms with E-state index in [0.29, 0.717) is 25.7 Å². The van der Waals surface area contributed by atoms with Crippen LogP contribution in [0.15, 0.2) is 42.7 Å². The minimum atomic E-state index is -0.911. The Bertz CT molecular complexity index is 683. The van der Waals surface area contributed by atoms with E-state index in [1.165, 1.54) is 0 Å². The Labute approximate surface area is 135 Å². The standard InChI is InChI=1S/C18H22N2O3/c1-20-10-9-19-16(20)12-18(23)8-7-14(17(21)22)15(11-18)13-5-3-2-4-6-13/h2-6,9-10,14-15,23H,7-8,11-12H2,1H3,(H,21,22)/t14-,15+,18-/m1/s1. The van der Waals surface area contributed by atoms with Crippen molar-refractivity contribution in [3.05, 3.63) is 54.1 Å². The first-order valence-electron chi connectivity index (χ1n) is 7.95. The summed E-state index contributed by atoms with van der Waals surface area (Å²) in [4.78, 5) is 15.9. The van der Waals surface area contributed by atoms with Crippen LogP contribution in [0.5, 0.6) is 0 Å². The molecule has 0 radical (unpaired) electrons. The van der Waals surface area contributed by atoms with E-state index in [1.54, 1.807) is 6.20 Å². The lowest BCUT2D eigenvalue weighted by molar-refractivity contribution is -0.146. The Balaban J connectivity index is 1.86. The van der Waals surface area contributed by atoms with Gasteiger partial charge < -0.3 is 14.8 Å². The van der Waals surface area contributed by atoms with Crippen LogP contribution in [-0.2, 0) is 18.3 Å². The van der Waals surface area contributed by atoms with Crippen LogP contribution in [0, 0.1) is 5.92 Å². The number of aliphatic hydroxyl groups is 1. The second kappa shape index (κ2) is 6.16. The van der Waals surface area contributed by atoms with Crippen molar-refractivity contribution in [1.29, 1.82) is 0 Å². The average molecular weight is 314 g/mol. The molecule has 2 aromatic rings. The molecule has 1 fully saturated rings. The second-order valence-electron chi connectivity index (χ2n) is 6.56. The summed E-state index contributed by atoms with van der Waals surface area (Å²) in [5.41, 5.74) is 0.0730. The molecule has 0 amide bonds. The molecule has 1 aliphatic carbocycles. The van der Waals surface area contributed by atoms with Crippen LogP contribution in [-0.4, -0.2) is 31.3 Å². The van der Waals surface area contributed by atoms with E-state index in [-0.39, 0.29) is 5.92 Å². The van der Waals surface area contributed by atoms with Crippen LogP contribution >= 0.6 is 0 Å². The number of carbonyl (C=O) groups is 1. The van der Waals surface area contributed by atoms with Gasteiger partial charge in [0.1, 0.15) is 5.82 Å². The second-order valence-corrected chi connectivity index (χ2v) is 6.56. The van der Waals surface area contributed by atoms with Crippen LogP contribution in [0.3, 0.4) is 0 Å². The Kier molecular flexibility index (Phi) is 4.22. The minimum absolute atomic E-state index is 0.173. The molecule has 1 aromatic carbocycles. The van der Waals surface area contributed by atoms with Crippen LogP contribution in [0.4, 0.5) is 0 Å². The predicted octanol–water partition coefficient (Wildman–Crippen LogP) is 2.36. The minimum Gasteiger partial charge on any atom is -0.481 e. The molecule has 3 atom stereocenters. The molecule has 122 valence electrons. The summed E-state index contributed by atoms with van der Waals surface area (Å²) in [6.07, 6.45) is 5.44. The molecule has 5 nitrogen and oxygen atoms in total. The number of aromatic nitrogens is 2. The van der Waals surface area contributed by atoms with E-state index in [0.717, 1.165) is 11.4 Å². The van der Waals surface area contributed by atoms with Gasteiger partial charge in [-0.05, 0) is 30.7 Å². The third-order valence-corrected chi connectivity index (χ3v) is 4.96. The number of hydrogen-bond acceptors (Lipinski definition) is 3. The molecule has 1 aromatic heterocycles. The highest BCUT2D eigenvalue weighted by Gasteiger charge is 2.43. The number of rotatable bonds is 4. The van der Waals surface area contributed by atoms with Gasteiger partial charge in [-0.15, -0.1) is 0 Å². The molecule has 0 spiro atoms. The van der Waals surface area contributed by atoms with Gasteiger partial charge in [0.25, 0.3) is 0 Å². The highest BCUT2D eigenvalue weighted by atomic mass is 16.4. The van der Waals surface area contributed by atoms with Crippen molar-refractivity contribution in [2.75, 3.05) is 0 Å². The summed E-state index contributed by atoms with van der Waals surface area (Å²) in [6, 6.07) is 9.66. The fourth-order valence-corrected chi connectivity index (χ4v) is 3.65. The van der Waals surface area contributed by atoms with E-state index < -0.39 is 17.5 Å². The molecular weight excluding hydrogens is 292 g/mol. The van der Waals surface area contributed by atoms with Gasteiger partial charge in [-0.2, -0.15) is 0 Å². The lowest BCUT2D eigenvalue weighted by Gasteiger charge is -2.40. The summed E-state index contributed by atoms with van der Waals surface area (Å²) < 4.78 is 1.90. The Morgan fingerprint density at radius 2 is 2.13 bits per heavy atom. The van der Waals surface area contributed by atoms with Gasteiger partial charge in [0.15, 0.2) is 0 Å². The fraction of sp³-hybridized carbons (Fsp3) is 0.444. The summed E-state index contributed by atoms with van der Waals surface area (Å²) in [7, 11) is 1.91. The number of benzene rings is 1. The molecule has 1 heterocycles. The van der Waals surface area contributed by atoms with Gasteiger partial charge in [-0.25, -0.2) is 4.98 Å². The highest BCUT2D eigenvalue weighted by molar-refractivity contribution is 5.71. The predicted molar refractivity (Wildman–Crippen MR) is 86.0 cm³/mol. The Hall–Kier alpha value is -2.14. The normalized spacial score (nSPS) is 27.7. The highest BCUT2D eigenvalue weighted by Crippen LogP contribution is 2.43. The largest absolute Gasteiger partial charge is 0.481 e. The molecule has 5 heteroatoms. The lowest BCUT2D eigenvalue weighted by Crippen LogP contribution is -2.42. The van der Waals surface area contributed by atoms with Crippen molar-refractivity contribution in [3.63, 3.8) is 0 Å². The van der Waals surface area contributed by atoms with E-state index in [1.807, 2.05) is 48.1 Å². The first-order chi connectivity index (χ1) is 11.0. The van der Waals surface area contributed by atoms with Crippen molar-refractivity contribution < 1.29 is 15.0 Å². The monoisotopic (exact) mass is 314 g/mol. The quantitative estimate of drug-likeness (QED) is 0.908. The molecule has 0 aliphatic heterocycles. The van der Waals surface area contributed by atoms with Crippen LogP contribution < -0.4 is 0 Å². The SMILES string of the molecule is Cn1ccnc1C[C@@]1(O)CC[C@@H](C(=O)O)[C@H](c2ccccc2)C1. The first kappa shape index (κ1) is 15.7. The zero-order valence-corrected chi connectivity index (χ0v) is 13.2. The number of aryl methyl sites for hydroxylation is 1. The summed E-state index contributed by atoms with van der Waals surface area (Å²) in [6.45, 7) is 0. The van der Waals surface area contributed by atoms with Crippen molar-refractivity contribution in [2.24, 2.45) is 13.0 Å². The van der Waals surface area contributed by atoms with Gasteiger partial charge in [0, 0.05) is 25.9 Å². The molecule has 0 unspecified atom stereocenters. The fourth-order valence-electron chi connectivity index (χ4n) is 3.65. The number of carboxylic acids is 1. The zero-order valence-electron chi connectivity index (χ0n) is 13.2. The maximum atomic E-state index is 11.6. The maximum absolute atomic E-state index is 11.6. The number of hydrogen-bond donors (Lipinski definition) is 2. The van der Waals surface area contributed by atoms with E-state index >= 15 is 0 Å². The lowest BCUT2D eigenvalue weighted by atomic mass is 9.68. The van der Waals surface area contributed by atoms with Gasteiger partial charge in [0.2, 0.25) is 0 Å². The third kappa shape index (κ3) is 3.29. The van der Waals surface area contributed by atoms with Crippen molar-refractivity contribution >= 4 is 5.97 Å². The van der Waals surface area contributed by atoms with Crippen molar-refractivity contribution in [3.8, 4) is 0 Å². The molecule has 0 bridgehead atoms. The number of imidazole rings is 1. The summed E-state index contributed by atoms with van der Waals surface area (Å²) >= 11 is 0. The van der Waals surface area contributed by atoms with Gasteiger partial charge in [0.05, 0.1) is 11.5 Å². The molecule has 1 aliphatic rings. The summed E-state index contributed by atoms with van der Waals surface area (Å²) in [5, 5.41) is 20.6. The van der Waals surface area contributed by atoms with Crippen molar-refractivity contribution in [2.45, 2.75) is 37.2 Å². The Morgan fingerprint density at radius 1 is 1.39 bits per heavy atom. The number of aliphatic carboxylic acids is 1. The number of nitrogens with zero attached hydrogens (tertiary/aromatic N) is 2. The Morgan fingerprint density at radius 3 is 2.74 bits per heavy atom. The first-order valence-corrected chi connectivity index (χ1v) is 7.95. The smallest absolute Gasteiger partial charge is 0.307 e. The van der Waals surface area contributed by atoms with Gasteiger partial charge in [-0.3, -0.25) is 4.79 Å². The van der Waals surface area contributed by atoms with Crippen molar-refractivity contribution in [1.82, 2.24) is 9.55 Å². The topological polar surface area (TPSA) is 75.3 Å². The van der Waals surface area contributed by atoms with E-state index in [2.05, 4.69) is 4.98 Å². The zero-order chi connectivity index (χ0) is 16.4. The maximum Gasteiger partial charge on any atom is 0.307 e.